The second-order valence-corrected chi connectivity index (χ2v) is 7.59. The van der Waals surface area contributed by atoms with Crippen LogP contribution in [0.15, 0.2) is 0 Å². The molecule has 0 aliphatic rings. The van der Waals surface area contributed by atoms with E-state index in [0.29, 0.717) is 0 Å². The first kappa shape index (κ1) is 15.7. The lowest BCUT2D eigenvalue weighted by molar-refractivity contribution is 0.609. The minimum atomic E-state index is 0.735. The zero-order valence-electron chi connectivity index (χ0n) is 8.95. The van der Waals surface area contributed by atoms with E-state index in [-0.39, 0.29) is 0 Å². The fourth-order valence-corrected chi connectivity index (χ4v) is 3.09. The van der Waals surface area contributed by atoms with Crippen molar-refractivity contribution in [1.82, 2.24) is 0 Å². The van der Waals surface area contributed by atoms with E-state index in [1.54, 1.807) is 0 Å². The van der Waals surface area contributed by atoms with Gasteiger partial charge in [-0.05, 0) is 32.1 Å². The molecule has 0 aliphatic carbocycles. The van der Waals surface area contributed by atoms with E-state index >= 15 is 0 Å². The third-order valence-corrected chi connectivity index (χ3v) is 5.04. The Morgan fingerprint density at radius 1 is 1.07 bits per heavy atom. The molecular weight excluding hydrogens is 419 g/mol. The van der Waals surface area contributed by atoms with Crippen molar-refractivity contribution >= 4 is 54.5 Å². The first-order valence-electron chi connectivity index (χ1n) is 5.54. The standard InChI is InChI=1S/C11H21Br2I/c1-2-3-6-11(14)8-7-10(13)5-4-9-12/h10-11H,2-9H2,1H3. The minimum Gasteiger partial charge on any atom is -0.0928 e. The Kier molecular flexibility index (Phi) is 12.5. The molecule has 86 valence electrons. The van der Waals surface area contributed by atoms with Gasteiger partial charge in [0.15, 0.2) is 0 Å². The highest BCUT2D eigenvalue weighted by Gasteiger charge is 2.08. The maximum absolute atomic E-state index is 3.75. The lowest BCUT2D eigenvalue weighted by atomic mass is 10.1. The number of rotatable bonds is 9. The number of unbranched alkanes of at least 4 members (excludes halogenated alkanes) is 1. The molecule has 0 rings (SSSR count). The van der Waals surface area contributed by atoms with Crippen molar-refractivity contribution in [3.05, 3.63) is 0 Å². The first-order chi connectivity index (χ1) is 6.70. The average Bonchev–Trinajstić information content (AvgIpc) is 2.20. The van der Waals surface area contributed by atoms with Gasteiger partial charge < -0.3 is 0 Å². The molecule has 0 saturated carbocycles. The van der Waals surface area contributed by atoms with Crippen molar-refractivity contribution < 1.29 is 0 Å². The summed E-state index contributed by atoms with van der Waals surface area (Å²) in [4.78, 5) is 0.735. The zero-order chi connectivity index (χ0) is 10.8. The molecule has 0 radical (unpaired) electrons. The number of halogens is 3. The summed E-state index contributed by atoms with van der Waals surface area (Å²) in [5, 5.41) is 1.14. The van der Waals surface area contributed by atoms with Gasteiger partial charge in [-0.3, -0.25) is 0 Å². The largest absolute Gasteiger partial charge is 0.0928 e. The maximum Gasteiger partial charge on any atom is 0.0146 e. The zero-order valence-corrected chi connectivity index (χ0v) is 14.3. The van der Waals surface area contributed by atoms with Crippen molar-refractivity contribution in [1.29, 1.82) is 0 Å². The Morgan fingerprint density at radius 2 is 1.79 bits per heavy atom. The van der Waals surface area contributed by atoms with E-state index in [0.717, 1.165) is 14.1 Å². The molecule has 0 heterocycles. The second kappa shape index (κ2) is 11.2. The van der Waals surface area contributed by atoms with E-state index in [4.69, 9.17) is 0 Å². The Bertz CT molecular complexity index is 106. The summed E-state index contributed by atoms with van der Waals surface area (Å²) in [5.41, 5.74) is 0. The molecule has 0 spiro atoms. The normalized spacial score (nSPS) is 15.4. The summed E-state index contributed by atoms with van der Waals surface area (Å²) in [5.74, 6) is 0. The molecule has 2 atom stereocenters. The van der Waals surface area contributed by atoms with Crippen molar-refractivity contribution in [2.24, 2.45) is 0 Å². The van der Waals surface area contributed by atoms with E-state index in [9.17, 15) is 0 Å². The van der Waals surface area contributed by atoms with Crippen LogP contribution in [0.3, 0.4) is 0 Å². The van der Waals surface area contributed by atoms with Crippen molar-refractivity contribution in [3.8, 4) is 0 Å². The summed E-state index contributed by atoms with van der Waals surface area (Å²) >= 11 is 9.83. The smallest absolute Gasteiger partial charge is 0.0146 e. The third kappa shape index (κ3) is 10.2. The molecule has 0 fully saturated rings. The Hall–Kier alpha value is 1.69. The molecule has 0 amide bonds. The van der Waals surface area contributed by atoms with Gasteiger partial charge >= 0.3 is 0 Å². The van der Waals surface area contributed by atoms with Crippen LogP contribution in [0.25, 0.3) is 0 Å². The van der Waals surface area contributed by atoms with Crippen LogP contribution in [-0.4, -0.2) is 14.1 Å². The molecular formula is C11H21Br2I. The minimum absolute atomic E-state index is 0.735. The average molecular weight is 440 g/mol. The summed E-state index contributed by atoms with van der Waals surface area (Å²) in [6, 6.07) is 0. The summed E-state index contributed by atoms with van der Waals surface area (Å²) in [6.45, 7) is 2.27. The van der Waals surface area contributed by atoms with Crippen LogP contribution in [-0.2, 0) is 0 Å². The van der Waals surface area contributed by atoms with Gasteiger partial charge in [-0.1, -0.05) is 74.2 Å². The van der Waals surface area contributed by atoms with Crippen LogP contribution in [0.5, 0.6) is 0 Å². The SMILES string of the molecule is CCCCC(I)CCC(Br)CCCBr. The Labute approximate surface area is 119 Å². The molecule has 0 aliphatic heterocycles. The second-order valence-electron chi connectivity index (χ2n) is 3.75. The van der Waals surface area contributed by atoms with Crippen LogP contribution in [0.2, 0.25) is 0 Å². The molecule has 14 heavy (non-hydrogen) atoms. The molecule has 0 saturated heterocycles. The molecule has 0 aromatic carbocycles. The highest BCUT2D eigenvalue weighted by atomic mass is 127. The monoisotopic (exact) mass is 438 g/mol. The molecule has 0 aromatic heterocycles. The quantitative estimate of drug-likeness (QED) is 0.319. The molecule has 0 aromatic rings. The lowest BCUT2D eigenvalue weighted by Crippen LogP contribution is -2.04. The van der Waals surface area contributed by atoms with Gasteiger partial charge in [-0.2, -0.15) is 0 Å². The van der Waals surface area contributed by atoms with Crippen LogP contribution < -0.4 is 0 Å². The van der Waals surface area contributed by atoms with Crippen molar-refractivity contribution in [2.75, 3.05) is 5.33 Å². The lowest BCUT2D eigenvalue weighted by Gasteiger charge is -2.12. The van der Waals surface area contributed by atoms with Crippen LogP contribution in [0.1, 0.15) is 51.9 Å². The molecule has 0 bridgehead atoms. The van der Waals surface area contributed by atoms with Gasteiger partial charge in [0.25, 0.3) is 0 Å². The molecule has 3 heteroatoms. The predicted octanol–water partition coefficient (Wildman–Crippen LogP) is 5.70. The van der Waals surface area contributed by atoms with Crippen molar-refractivity contribution in [2.45, 2.75) is 60.6 Å². The van der Waals surface area contributed by atoms with E-state index in [1.807, 2.05) is 0 Å². The molecule has 2 unspecified atom stereocenters. The Morgan fingerprint density at radius 3 is 2.36 bits per heavy atom. The Balaban J connectivity index is 3.31. The van der Waals surface area contributed by atoms with Gasteiger partial charge in [-0.25, -0.2) is 0 Å². The van der Waals surface area contributed by atoms with Gasteiger partial charge in [0.1, 0.15) is 0 Å². The predicted molar refractivity (Wildman–Crippen MR) is 82.3 cm³/mol. The molecule has 0 nitrogen and oxygen atoms in total. The summed E-state index contributed by atoms with van der Waals surface area (Å²) in [6.07, 6.45) is 9.43. The summed E-state index contributed by atoms with van der Waals surface area (Å²) < 4.78 is 0.886. The van der Waals surface area contributed by atoms with E-state index in [2.05, 4.69) is 61.4 Å². The highest BCUT2D eigenvalue weighted by molar-refractivity contribution is 14.1. The van der Waals surface area contributed by atoms with Crippen molar-refractivity contribution in [3.63, 3.8) is 0 Å². The fraction of sp³-hybridized carbons (Fsp3) is 1.00. The van der Waals surface area contributed by atoms with E-state index < -0.39 is 0 Å². The fourth-order valence-electron chi connectivity index (χ4n) is 1.37. The third-order valence-electron chi connectivity index (χ3n) is 2.32. The number of hydrogen-bond donors (Lipinski definition) is 0. The van der Waals surface area contributed by atoms with Gasteiger partial charge in [0.05, 0.1) is 0 Å². The van der Waals surface area contributed by atoms with Crippen LogP contribution >= 0.6 is 54.5 Å². The first-order valence-corrected chi connectivity index (χ1v) is 8.83. The van der Waals surface area contributed by atoms with E-state index in [1.165, 1.54) is 44.9 Å². The number of alkyl halides is 3. The highest BCUT2D eigenvalue weighted by Crippen LogP contribution is 2.22. The maximum atomic E-state index is 3.75. The molecule has 0 N–H and O–H groups in total. The van der Waals surface area contributed by atoms with Gasteiger partial charge in [0.2, 0.25) is 0 Å². The topological polar surface area (TPSA) is 0 Å². The summed E-state index contributed by atoms with van der Waals surface area (Å²) in [7, 11) is 0. The van der Waals surface area contributed by atoms with Gasteiger partial charge in [-0.15, -0.1) is 0 Å². The van der Waals surface area contributed by atoms with Crippen LogP contribution in [0.4, 0.5) is 0 Å². The number of hydrogen-bond acceptors (Lipinski definition) is 0. The van der Waals surface area contributed by atoms with Gasteiger partial charge in [0, 0.05) is 14.1 Å². The van der Waals surface area contributed by atoms with Crippen LogP contribution in [0, 0.1) is 0 Å².